The van der Waals surface area contributed by atoms with Gasteiger partial charge in [-0.1, -0.05) is 11.6 Å². The van der Waals surface area contributed by atoms with Gasteiger partial charge in [0, 0.05) is 18.8 Å². The molecule has 0 saturated carbocycles. The molecule has 7 heteroatoms. The molecular weight excluding hydrogens is 264 g/mol. The molecule has 0 aromatic heterocycles. The lowest BCUT2D eigenvalue weighted by Gasteiger charge is -2.08. The molecule has 4 N–H and O–H groups in total. The van der Waals surface area contributed by atoms with Gasteiger partial charge in [-0.25, -0.2) is 13.1 Å². The fourth-order valence-corrected chi connectivity index (χ4v) is 2.88. The predicted molar refractivity (Wildman–Crippen MR) is 67.4 cm³/mol. The van der Waals surface area contributed by atoms with Crippen LogP contribution in [0.4, 0.5) is 5.69 Å². The largest absolute Gasteiger partial charge is 0.399 e. The fourth-order valence-electron chi connectivity index (χ4n) is 1.26. The molecule has 0 fully saturated rings. The molecule has 0 unspecified atom stereocenters. The van der Waals surface area contributed by atoms with E-state index in [9.17, 15) is 8.42 Å². The van der Waals surface area contributed by atoms with Gasteiger partial charge in [-0.2, -0.15) is 0 Å². The van der Waals surface area contributed by atoms with E-state index in [-0.39, 0.29) is 23.1 Å². The molecule has 1 aromatic carbocycles. The smallest absolute Gasteiger partial charge is 0.242 e. The lowest BCUT2D eigenvalue weighted by Crippen LogP contribution is -2.25. The van der Waals surface area contributed by atoms with Crippen molar-refractivity contribution in [3.8, 4) is 0 Å². The van der Waals surface area contributed by atoms with Gasteiger partial charge < -0.3 is 10.8 Å². The number of aliphatic hydroxyl groups is 1. The van der Waals surface area contributed by atoms with Crippen LogP contribution < -0.4 is 10.5 Å². The van der Waals surface area contributed by atoms with Crippen molar-refractivity contribution < 1.29 is 13.5 Å². The van der Waals surface area contributed by atoms with E-state index >= 15 is 0 Å². The van der Waals surface area contributed by atoms with Crippen LogP contribution in [0.2, 0.25) is 5.02 Å². The molecular formula is C10H15ClN2O3S. The third-order valence-electron chi connectivity index (χ3n) is 2.12. The van der Waals surface area contributed by atoms with Gasteiger partial charge in [-0.3, -0.25) is 0 Å². The monoisotopic (exact) mass is 278 g/mol. The summed E-state index contributed by atoms with van der Waals surface area (Å²) in [6.07, 6.45) is 1.13. The first kappa shape index (κ1) is 14.2. The van der Waals surface area contributed by atoms with Crippen molar-refractivity contribution in [2.75, 3.05) is 18.9 Å². The molecule has 1 aromatic rings. The van der Waals surface area contributed by atoms with Gasteiger partial charge in [0.25, 0.3) is 0 Å². The van der Waals surface area contributed by atoms with Crippen LogP contribution in [0.15, 0.2) is 23.1 Å². The third-order valence-corrected chi connectivity index (χ3v) is 4.07. The second-order valence-corrected chi connectivity index (χ2v) is 5.66. The van der Waals surface area contributed by atoms with Gasteiger partial charge in [-0.05, 0) is 31.0 Å². The van der Waals surface area contributed by atoms with Crippen molar-refractivity contribution in [3.63, 3.8) is 0 Å². The van der Waals surface area contributed by atoms with Gasteiger partial charge in [0.15, 0.2) is 0 Å². The number of anilines is 1. The fraction of sp³-hybridized carbons (Fsp3) is 0.400. The highest BCUT2D eigenvalue weighted by atomic mass is 35.5. The first-order valence-electron chi connectivity index (χ1n) is 5.13. The summed E-state index contributed by atoms with van der Waals surface area (Å²) in [7, 11) is -3.61. The number of sulfonamides is 1. The summed E-state index contributed by atoms with van der Waals surface area (Å²) in [5.74, 6) is 0. The van der Waals surface area contributed by atoms with E-state index in [0.29, 0.717) is 18.5 Å². The summed E-state index contributed by atoms with van der Waals surface area (Å²) in [5.41, 5.74) is 5.89. The summed E-state index contributed by atoms with van der Waals surface area (Å²) in [5, 5.41) is 8.67. The molecule has 96 valence electrons. The Labute approximate surface area is 106 Å². The quantitative estimate of drug-likeness (QED) is 0.534. The van der Waals surface area contributed by atoms with E-state index in [0.717, 1.165) is 0 Å². The molecule has 5 nitrogen and oxygen atoms in total. The normalized spacial score (nSPS) is 11.6. The molecule has 0 heterocycles. The van der Waals surface area contributed by atoms with Crippen LogP contribution in [-0.2, 0) is 10.0 Å². The molecule has 0 saturated heterocycles. The van der Waals surface area contributed by atoms with Crippen molar-refractivity contribution in [2.24, 2.45) is 0 Å². The lowest BCUT2D eigenvalue weighted by atomic mass is 10.3. The summed E-state index contributed by atoms with van der Waals surface area (Å²) in [4.78, 5) is 0.0114. The Hall–Kier alpha value is -0.820. The summed E-state index contributed by atoms with van der Waals surface area (Å²) in [6, 6.07) is 4.24. The van der Waals surface area contributed by atoms with E-state index in [1.165, 1.54) is 18.2 Å². The number of aliphatic hydroxyl groups excluding tert-OH is 1. The van der Waals surface area contributed by atoms with Crippen LogP contribution in [0.1, 0.15) is 12.8 Å². The Balaban J connectivity index is 2.76. The summed E-state index contributed by atoms with van der Waals surface area (Å²) < 4.78 is 26.1. The zero-order valence-corrected chi connectivity index (χ0v) is 10.8. The summed E-state index contributed by atoms with van der Waals surface area (Å²) in [6.45, 7) is 0.313. The number of benzene rings is 1. The van der Waals surface area contributed by atoms with Crippen molar-refractivity contribution in [3.05, 3.63) is 23.2 Å². The predicted octanol–water partition coefficient (Wildman–Crippen LogP) is 0.973. The minimum absolute atomic E-state index is 0.0114. The number of halogens is 1. The van der Waals surface area contributed by atoms with Gasteiger partial charge in [-0.15, -0.1) is 0 Å². The van der Waals surface area contributed by atoms with Crippen molar-refractivity contribution >= 4 is 27.3 Å². The molecule has 0 aliphatic heterocycles. The maximum Gasteiger partial charge on any atom is 0.242 e. The highest BCUT2D eigenvalue weighted by molar-refractivity contribution is 7.89. The topological polar surface area (TPSA) is 92.4 Å². The van der Waals surface area contributed by atoms with Crippen LogP contribution in [0, 0.1) is 0 Å². The Morgan fingerprint density at radius 2 is 2.06 bits per heavy atom. The number of nitrogen functional groups attached to an aromatic ring is 1. The molecule has 0 spiro atoms. The molecule has 0 aliphatic carbocycles. The number of nitrogens with two attached hydrogens (primary N) is 1. The van der Waals surface area contributed by atoms with Crippen LogP contribution in [0.5, 0.6) is 0 Å². The standard InChI is InChI=1S/C10H15ClN2O3S/c11-9-7-8(12)3-4-10(9)17(15,16)13-5-1-2-6-14/h3-4,7,13-14H,1-2,5-6,12H2. The van der Waals surface area contributed by atoms with E-state index in [4.69, 9.17) is 22.4 Å². The number of hydrogen-bond donors (Lipinski definition) is 3. The number of unbranched alkanes of at least 4 members (excludes halogenated alkanes) is 1. The Morgan fingerprint density at radius 1 is 1.35 bits per heavy atom. The molecule has 0 bridgehead atoms. The summed E-state index contributed by atoms with van der Waals surface area (Å²) >= 11 is 5.81. The minimum Gasteiger partial charge on any atom is -0.399 e. The molecule has 17 heavy (non-hydrogen) atoms. The number of hydrogen-bond acceptors (Lipinski definition) is 4. The zero-order chi connectivity index (χ0) is 12.9. The third kappa shape index (κ3) is 4.16. The number of nitrogens with one attached hydrogen (secondary N) is 1. The van der Waals surface area contributed by atoms with E-state index in [1.807, 2.05) is 0 Å². The molecule has 0 atom stereocenters. The van der Waals surface area contributed by atoms with Crippen LogP contribution >= 0.6 is 11.6 Å². The van der Waals surface area contributed by atoms with Crippen molar-refractivity contribution in [2.45, 2.75) is 17.7 Å². The first-order chi connectivity index (χ1) is 7.97. The van der Waals surface area contributed by atoms with E-state index < -0.39 is 10.0 Å². The van der Waals surface area contributed by atoms with E-state index in [2.05, 4.69) is 4.72 Å². The van der Waals surface area contributed by atoms with Gasteiger partial charge in [0.2, 0.25) is 10.0 Å². The average molecular weight is 279 g/mol. The highest BCUT2D eigenvalue weighted by Gasteiger charge is 2.16. The molecule has 1 rings (SSSR count). The van der Waals surface area contributed by atoms with Crippen LogP contribution in [-0.4, -0.2) is 26.7 Å². The van der Waals surface area contributed by atoms with Crippen molar-refractivity contribution in [1.82, 2.24) is 4.72 Å². The van der Waals surface area contributed by atoms with Gasteiger partial charge in [0.05, 0.1) is 5.02 Å². The van der Waals surface area contributed by atoms with Crippen molar-refractivity contribution in [1.29, 1.82) is 0 Å². The van der Waals surface area contributed by atoms with Crippen LogP contribution in [0.3, 0.4) is 0 Å². The maximum atomic E-state index is 11.8. The second kappa shape index (κ2) is 6.20. The van der Waals surface area contributed by atoms with Crippen LogP contribution in [0.25, 0.3) is 0 Å². The van der Waals surface area contributed by atoms with E-state index in [1.54, 1.807) is 0 Å². The minimum atomic E-state index is -3.61. The Bertz CT molecular complexity index is 476. The number of rotatable bonds is 6. The molecule has 0 amide bonds. The SMILES string of the molecule is Nc1ccc(S(=O)(=O)NCCCCO)c(Cl)c1. The Kier molecular flexibility index (Phi) is 5.20. The first-order valence-corrected chi connectivity index (χ1v) is 6.99. The van der Waals surface area contributed by atoms with Gasteiger partial charge >= 0.3 is 0 Å². The average Bonchev–Trinajstić information content (AvgIpc) is 2.24. The maximum absolute atomic E-state index is 11.8. The highest BCUT2D eigenvalue weighted by Crippen LogP contribution is 2.23. The molecule has 0 radical (unpaired) electrons. The second-order valence-electron chi connectivity index (χ2n) is 3.52. The Morgan fingerprint density at radius 3 is 2.65 bits per heavy atom. The lowest BCUT2D eigenvalue weighted by molar-refractivity contribution is 0.285. The molecule has 0 aliphatic rings. The van der Waals surface area contributed by atoms with Gasteiger partial charge in [0.1, 0.15) is 4.90 Å². The zero-order valence-electron chi connectivity index (χ0n) is 9.19.